The summed E-state index contributed by atoms with van der Waals surface area (Å²) in [6.07, 6.45) is 0. The van der Waals surface area contributed by atoms with Crippen molar-refractivity contribution in [2.45, 2.75) is 11.8 Å². The zero-order chi connectivity index (χ0) is 14.8. The minimum Gasteiger partial charge on any atom is -0.481 e. The lowest BCUT2D eigenvalue weighted by atomic mass is 10.2. The van der Waals surface area contributed by atoms with Crippen LogP contribution in [0.5, 0.6) is 0 Å². The van der Waals surface area contributed by atoms with Crippen molar-refractivity contribution >= 4 is 39.2 Å². The van der Waals surface area contributed by atoms with Crippen LogP contribution < -0.4 is 4.72 Å². The lowest BCUT2D eigenvalue weighted by molar-refractivity contribution is -0.140. The number of benzene rings is 1. The molecule has 1 atom stereocenters. The van der Waals surface area contributed by atoms with Gasteiger partial charge in [-0.25, -0.2) is 17.5 Å². The number of nitrogens with one attached hydrogen (secondary N) is 1. The highest BCUT2D eigenvalue weighted by molar-refractivity contribution is 7.89. The fourth-order valence-corrected chi connectivity index (χ4v) is 2.99. The van der Waals surface area contributed by atoms with Gasteiger partial charge in [0.1, 0.15) is 4.90 Å². The molecule has 2 N–H and O–H groups in total. The van der Waals surface area contributed by atoms with Gasteiger partial charge in [-0.05, 0) is 12.1 Å². The Labute approximate surface area is 119 Å². The Bertz CT molecular complexity index is 606. The monoisotopic (exact) mass is 329 g/mol. The molecule has 0 aromatic heterocycles. The van der Waals surface area contributed by atoms with Gasteiger partial charge in [0.05, 0.1) is 16.0 Å². The highest BCUT2D eigenvalue weighted by Crippen LogP contribution is 2.29. The number of sulfonamides is 1. The van der Waals surface area contributed by atoms with Crippen LogP contribution in [0.25, 0.3) is 0 Å². The Morgan fingerprint density at radius 3 is 2.58 bits per heavy atom. The van der Waals surface area contributed by atoms with Gasteiger partial charge in [-0.15, -0.1) is 0 Å². The van der Waals surface area contributed by atoms with Crippen molar-refractivity contribution < 1.29 is 22.7 Å². The van der Waals surface area contributed by atoms with E-state index in [-0.39, 0.29) is 11.6 Å². The van der Waals surface area contributed by atoms with Crippen LogP contribution in [-0.2, 0) is 14.8 Å². The molecule has 5 nitrogen and oxygen atoms in total. The first-order chi connectivity index (χ1) is 8.66. The first kappa shape index (κ1) is 16.2. The minimum absolute atomic E-state index is 0.303. The first-order valence-corrected chi connectivity index (χ1v) is 7.26. The molecule has 0 saturated carbocycles. The summed E-state index contributed by atoms with van der Waals surface area (Å²) in [5, 5.41) is 7.71. The van der Waals surface area contributed by atoms with Crippen molar-refractivity contribution in [1.82, 2.24) is 4.72 Å². The zero-order valence-corrected chi connectivity index (χ0v) is 12.0. The number of carbonyl (C=O) groups is 1. The second kappa shape index (κ2) is 6.04. The molecular formula is C10H10Cl2FNO4S. The van der Waals surface area contributed by atoms with Gasteiger partial charge in [0.25, 0.3) is 0 Å². The minimum atomic E-state index is -4.10. The SMILES string of the molecule is CC(CNS(=O)(=O)c1ccc(Cl)c(F)c1Cl)C(=O)O. The summed E-state index contributed by atoms with van der Waals surface area (Å²) in [5.74, 6) is -3.13. The summed E-state index contributed by atoms with van der Waals surface area (Å²) in [6, 6.07) is 2.10. The van der Waals surface area contributed by atoms with Crippen LogP contribution in [-0.4, -0.2) is 26.0 Å². The van der Waals surface area contributed by atoms with Crippen molar-refractivity contribution in [2.75, 3.05) is 6.54 Å². The second-order valence-corrected chi connectivity index (χ2v) is 6.29. The van der Waals surface area contributed by atoms with Crippen LogP contribution in [0.15, 0.2) is 17.0 Å². The molecule has 1 unspecified atom stereocenters. The molecule has 0 saturated heterocycles. The third-order valence-corrected chi connectivity index (χ3v) is 4.53. The van der Waals surface area contributed by atoms with Crippen LogP contribution >= 0.6 is 23.2 Å². The maximum atomic E-state index is 13.4. The number of carboxylic acid groups (broad SMARTS) is 1. The van der Waals surface area contributed by atoms with Crippen molar-refractivity contribution in [3.05, 3.63) is 28.0 Å². The largest absolute Gasteiger partial charge is 0.481 e. The zero-order valence-electron chi connectivity index (χ0n) is 9.65. The molecule has 0 aliphatic carbocycles. The van der Waals surface area contributed by atoms with E-state index in [0.29, 0.717) is 0 Å². The van der Waals surface area contributed by atoms with Gasteiger partial charge in [0, 0.05) is 6.54 Å². The van der Waals surface area contributed by atoms with Crippen LogP contribution in [0.2, 0.25) is 10.0 Å². The quantitative estimate of drug-likeness (QED) is 0.810. The van der Waals surface area contributed by atoms with E-state index in [9.17, 15) is 17.6 Å². The Kier molecular flexibility index (Phi) is 5.14. The Morgan fingerprint density at radius 2 is 2.05 bits per heavy atom. The average molecular weight is 330 g/mol. The number of rotatable bonds is 5. The molecule has 1 rings (SSSR count). The van der Waals surface area contributed by atoms with Gasteiger partial charge in [0.15, 0.2) is 5.82 Å². The maximum absolute atomic E-state index is 13.4. The summed E-state index contributed by atoms with van der Waals surface area (Å²) in [7, 11) is -4.10. The van der Waals surface area contributed by atoms with E-state index >= 15 is 0 Å². The number of carboxylic acids is 1. The van der Waals surface area contributed by atoms with E-state index in [2.05, 4.69) is 0 Å². The van der Waals surface area contributed by atoms with Gasteiger partial charge in [-0.3, -0.25) is 4.79 Å². The molecule has 0 aliphatic heterocycles. The third-order valence-electron chi connectivity index (χ3n) is 2.29. The van der Waals surface area contributed by atoms with Gasteiger partial charge in [-0.2, -0.15) is 0 Å². The molecule has 9 heteroatoms. The fourth-order valence-electron chi connectivity index (χ4n) is 1.12. The van der Waals surface area contributed by atoms with Gasteiger partial charge >= 0.3 is 5.97 Å². The molecule has 0 aliphatic rings. The average Bonchev–Trinajstić information content (AvgIpc) is 2.32. The second-order valence-electron chi connectivity index (χ2n) is 3.76. The summed E-state index contributed by atoms with van der Waals surface area (Å²) >= 11 is 11.0. The van der Waals surface area contributed by atoms with Gasteiger partial charge in [0.2, 0.25) is 10.0 Å². The summed E-state index contributed by atoms with van der Waals surface area (Å²) < 4.78 is 39.1. The number of hydrogen-bond acceptors (Lipinski definition) is 3. The normalized spacial score (nSPS) is 13.3. The van der Waals surface area contributed by atoms with E-state index in [4.69, 9.17) is 28.3 Å². The number of hydrogen-bond donors (Lipinski definition) is 2. The van der Waals surface area contributed by atoms with E-state index in [0.717, 1.165) is 12.1 Å². The molecule has 0 radical (unpaired) electrons. The summed E-state index contributed by atoms with van der Waals surface area (Å²) in [6.45, 7) is 0.993. The van der Waals surface area contributed by atoms with Gasteiger partial charge in [-0.1, -0.05) is 30.1 Å². The molecule has 1 aromatic rings. The Morgan fingerprint density at radius 1 is 1.47 bits per heavy atom. The van der Waals surface area contributed by atoms with Crippen LogP contribution in [0.3, 0.4) is 0 Å². The maximum Gasteiger partial charge on any atom is 0.307 e. The number of halogens is 3. The predicted octanol–water partition coefficient (Wildman–Crippen LogP) is 2.13. The molecule has 0 spiro atoms. The van der Waals surface area contributed by atoms with E-state index in [1.165, 1.54) is 6.92 Å². The van der Waals surface area contributed by atoms with Gasteiger partial charge < -0.3 is 5.11 Å². The molecule has 0 bridgehead atoms. The third kappa shape index (κ3) is 3.79. The highest BCUT2D eigenvalue weighted by atomic mass is 35.5. The van der Waals surface area contributed by atoms with Crippen molar-refractivity contribution in [1.29, 1.82) is 0 Å². The molecule has 0 heterocycles. The molecule has 106 valence electrons. The first-order valence-electron chi connectivity index (χ1n) is 5.02. The highest BCUT2D eigenvalue weighted by Gasteiger charge is 2.23. The van der Waals surface area contributed by atoms with E-state index < -0.39 is 37.6 Å². The molecule has 1 aromatic carbocycles. The smallest absolute Gasteiger partial charge is 0.307 e. The summed E-state index contributed by atoms with van der Waals surface area (Å²) in [5.41, 5.74) is 0. The fraction of sp³-hybridized carbons (Fsp3) is 0.300. The Hall–Kier alpha value is -0.890. The Balaban J connectivity index is 3.02. The van der Waals surface area contributed by atoms with Crippen LogP contribution in [0.1, 0.15) is 6.92 Å². The van der Waals surface area contributed by atoms with Crippen LogP contribution in [0.4, 0.5) is 4.39 Å². The standard InChI is InChI=1S/C10H10Cl2FNO4S/c1-5(10(15)16)4-14-19(17,18)7-3-2-6(11)9(13)8(7)12/h2-3,5,14H,4H2,1H3,(H,15,16). The molecule has 0 fully saturated rings. The topological polar surface area (TPSA) is 83.5 Å². The van der Waals surface area contributed by atoms with Crippen molar-refractivity contribution in [2.24, 2.45) is 5.92 Å². The van der Waals surface area contributed by atoms with Crippen LogP contribution in [0, 0.1) is 11.7 Å². The van der Waals surface area contributed by atoms with Crippen molar-refractivity contribution in [3.8, 4) is 0 Å². The number of aliphatic carboxylic acids is 1. The summed E-state index contributed by atoms with van der Waals surface area (Å²) in [4.78, 5) is 10.1. The lowest BCUT2D eigenvalue weighted by Crippen LogP contribution is -2.31. The molecule has 0 amide bonds. The van der Waals surface area contributed by atoms with E-state index in [1.807, 2.05) is 4.72 Å². The lowest BCUT2D eigenvalue weighted by Gasteiger charge is -2.11. The molecule has 19 heavy (non-hydrogen) atoms. The van der Waals surface area contributed by atoms with Crippen molar-refractivity contribution in [3.63, 3.8) is 0 Å². The predicted molar refractivity (Wildman–Crippen MR) is 68.4 cm³/mol. The molecular weight excluding hydrogens is 320 g/mol. The van der Waals surface area contributed by atoms with E-state index in [1.54, 1.807) is 0 Å².